The van der Waals surface area contributed by atoms with Gasteiger partial charge in [-0.2, -0.15) is 17.0 Å². The zero-order valence-corrected chi connectivity index (χ0v) is 17.3. The molecule has 0 radical (unpaired) electrons. The summed E-state index contributed by atoms with van der Waals surface area (Å²) in [6.45, 7) is 1.43. The first-order chi connectivity index (χ1) is 13.9. The van der Waals surface area contributed by atoms with Gasteiger partial charge >= 0.3 is 0 Å². The van der Waals surface area contributed by atoms with Crippen molar-refractivity contribution in [3.05, 3.63) is 36.0 Å². The van der Waals surface area contributed by atoms with Gasteiger partial charge in [0.1, 0.15) is 17.2 Å². The molecule has 6 nitrogen and oxygen atoms in total. The van der Waals surface area contributed by atoms with E-state index in [9.17, 15) is 17.2 Å². The topological polar surface area (TPSA) is 56.8 Å². The molecular weight excluding hydrogens is 398 g/mol. The van der Waals surface area contributed by atoms with Crippen LogP contribution in [0.25, 0.3) is 10.9 Å². The van der Waals surface area contributed by atoms with Crippen LogP contribution in [0.1, 0.15) is 32.1 Å². The minimum atomic E-state index is -3.53. The summed E-state index contributed by atoms with van der Waals surface area (Å²) >= 11 is 0. The van der Waals surface area contributed by atoms with Crippen molar-refractivity contribution >= 4 is 26.8 Å². The minimum absolute atomic E-state index is 0.00502. The van der Waals surface area contributed by atoms with Crippen LogP contribution in [0.2, 0.25) is 0 Å². The molecule has 1 saturated heterocycles. The molecule has 0 atom stereocenters. The number of aromatic nitrogens is 1. The quantitative estimate of drug-likeness (QED) is 0.757. The maximum Gasteiger partial charge on any atom is 0.282 e. The van der Waals surface area contributed by atoms with Gasteiger partial charge in [0.25, 0.3) is 10.2 Å². The van der Waals surface area contributed by atoms with Crippen LogP contribution >= 0.6 is 0 Å². The summed E-state index contributed by atoms with van der Waals surface area (Å²) < 4.78 is 57.6. The van der Waals surface area contributed by atoms with Crippen LogP contribution in [0.5, 0.6) is 0 Å². The van der Waals surface area contributed by atoms with E-state index in [2.05, 4.69) is 4.98 Å². The molecule has 0 unspecified atom stereocenters. The van der Waals surface area contributed by atoms with Gasteiger partial charge in [0.15, 0.2) is 0 Å². The molecule has 1 aromatic heterocycles. The fourth-order valence-electron chi connectivity index (χ4n) is 4.42. The van der Waals surface area contributed by atoms with Gasteiger partial charge in [-0.25, -0.2) is 8.78 Å². The van der Waals surface area contributed by atoms with Gasteiger partial charge in [-0.3, -0.25) is 4.98 Å². The van der Waals surface area contributed by atoms with E-state index in [4.69, 9.17) is 0 Å². The first kappa shape index (κ1) is 20.4. The van der Waals surface area contributed by atoms with Crippen LogP contribution in [0.15, 0.2) is 24.4 Å². The van der Waals surface area contributed by atoms with E-state index in [1.807, 2.05) is 4.90 Å². The Balaban J connectivity index is 1.51. The van der Waals surface area contributed by atoms with Gasteiger partial charge < -0.3 is 4.90 Å². The fraction of sp³-hybridized carbons (Fsp3) is 0.550. The lowest BCUT2D eigenvalue weighted by atomic mass is 9.96. The summed E-state index contributed by atoms with van der Waals surface area (Å²) in [6, 6.07) is 3.89. The molecule has 2 aromatic rings. The Morgan fingerprint density at radius 3 is 2.34 bits per heavy atom. The van der Waals surface area contributed by atoms with E-state index in [1.165, 1.54) is 21.2 Å². The van der Waals surface area contributed by atoms with E-state index in [0.717, 1.165) is 37.8 Å². The first-order valence-electron chi connectivity index (χ1n) is 10.1. The van der Waals surface area contributed by atoms with E-state index >= 15 is 0 Å². The molecule has 0 bridgehead atoms. The molecular formula is C20H26F2N4O2S. The van der Waals surface area contributed by atoms with Crippen molar-refractivity contribution in [1.82, 2.24) is 13.6 Å². The van der Waals surface area contributed by atoms with Crippen molar-refractivity contribution in [3.63, 3.8) is 0 Å². The van der Waals surface area contributed by atoms with Crippen LogP contribution in [0, 0.1) is 11.6 Å². The van der Waals surface area contributed by atoms with Crippen molar-refractivity contribution in [1.29, 1.82) is 0 Å². The number of pyridine rings is 1. The smallest absolute Gasteiger partial charge is 0.282 e. The molecule has 0 spiro atoms. The molecule has 158 valence electrons. The van der Waals surface area contributed by atoms with Gasteiger partial charge in [0.05, 0.1) is 11.1 Å². The highest BCUT2D eigenvalue weighted by atomic mass is 32.2. The third kappa shape index (κ3) is 3.83. The zero-order chi connectivity index (χ0) is 20.6. The summed E-state index contributed by atoms with van der Waals surface area (Å²) in [5.41, 5.74) is 0.541. The molecule has 29 heavy (non-hydrogen) atoms. The Hall–Kier alpha value is -1.84. The summed E-state index contributed by atoms with van der Waals surface area (Å²) in [5.74, 6) is -1.10. The number of halogens is 2. The maximum absolute atomic E-state index is 14.4. The number of hydrogen-bond acceptors (Lipinski definition) is 4. The second kappa shape index (κ2) is 8.12. The summed E-state index contributed by atoms with van der Waals surface area (Å²) in [7, 11) is -1.86. The van der Waals surface area contributed by atoms with E-state index in [0.29, 0.717) is 31.9 Å². The third-order valence-electron chi connectivity index (χ3n) is 6.13. The normalized spacial score (nSPS) is 19.9. The largest absolute Gasteiger partial charge is 0.368 e. The second-order valence-electron chi connectivity index (χ2n) is 7.78. The summed E-state index contributed by atoms with van der Waals surface area (Å²) in [5, 5.41) is 0.142. The Bertz CT molecular complexity index is 987. The Morgan fingerprint density at radius 1 is 1.00 bits per heavy atom. The van der Waals surface area contributed by atoms with Crippen LogP contribution in [0.3, 0.4) is 0 Å². The van der Waals surface area contributed by atoms with Gasteiger partial charge in [-0.1, -0.05) is 19.3 Å². The van der Waals surface area contributed by atoms with Crippen molar-refractivity contribution in [2.45, 2.75) is 38.1 Å². The number of rotatable bonds is 4. The van der Waals surface area contributed by atoms with E-state index in [1.54, 1.807) is 13.1 Å². The lowest BCUT2D eigenvalue weighted by Gasteiger charge is -2.39. The predicted molar refractivity (Wildman–Crippen MR) is 109 cm³/mol. The second-order valence-corrected chi connectivity index (χ2v) is 9.77. The van der Waals surface area contributed by atoms with Crippen LogP contribution in [-0.2, 0) is 10.2 Å². The highest BCUT2D eigenvalue weighted by Crippen LogP contribution is 2.31. The Labute approximate surface area is 170 Å². The van der Waals surface area contributed by atoms with Gasteiger partial charge in [0.2, 0.25) is 0 Å². The van der Waals surface area contributed by atoms with Crippen molar-refractivity contribution in [2.75, 3.05) is 38.1 Å². The highest BCUT2D eigenvalue weighted by Gasteiger charge is 2.35. The van der Waals surface area contributed by atoms with E-state index < -0.39 is 21.8 Å². The minimum Gasteiger partial charge on any atom is -0.368 e. The van der Waals surface area contributed by atoms with Crippen LogP contribution < -0.4 is 4.90 Å². The predicted octanol–water partition coefficient (Wildman–Crippen LogP) is 3.14. The molecule has 1 aliphatic heterocycles. The van der Waals surface area contributed by atoms with Gasteiger partial charge in [0, 0.05) is 45.5 Å². The molecule has 0 amide bonds. The standard InChI is InChI=1S/C20H26F2N4O2S/c1-24(15-5-3-2-4-6-15)29(27,28)26-13-11-25(12-14-26)18-9-10-23-20-17(22)8-7-16(21)19(18)20/h7-10,15H,2-6,11-14H2,1H3. The third-order valence-corrected chi connectivity index (χ3v) is 8.17. The molecule has 2 aliphatic rings. The Kier molecular flexibility index (Phi) is 5.72. The lowest BCUT2D eigenvalue weighted by Crippen LogP contribution is -2.54. The SMILES string of the molecule is CN(C1CCCCC1)S(=O)(=O)N1CCN(c2ccnc3c(F)ccc(F)c23)CC1. The van der Waals surface area contributed by atoms with Crippen molar-refractivity contribution in [2.24, 2.45) is 0 Å². The van der Waals surface area contributed by atoms with Crippen LogP contribution in [-0.4, -0.2) is 61.3 Å². The summed E-state index contributed by atoms with van der Waals surface area (Å²) in [4.78, 5) is 5.87. The zero-order valence-electron chi connectivity index (χ0n) is 16.5. The monoisotopic (exact) mass is 424 g/mol. The number of benzene rings is 1. The van der Waals surface area contributed by atoms with Crippen molar-refractivity contribution < 1.29 is 17.2 Å². The highest BCUT2D eigenvalue weighted by molar-refractivity contribution is 7.86. The molecule has 0 N–H and O–H groups in total. The molecule has 1 aliphatic carbocycles. The molecule has 1 aromatic carbocycles. The summed E-state index contributed by atoms with van der Waals surface area (Å²) in [6.07, 6.45) is 6.57. The Morgan fingerprint density at radius 2 is 1.66 bits per heavy atom. The number of fused-ring (bicyclic) bond motifs is 1. The average Bonchev–Trinajstić information content (AvgIpc) is 2.76. The first-order valence-corrected chi connectivity index (χ1v) is 11.5. The van der Waals surface area contributed by atoms with Crippen LogP contribution in [0.4, 0.5) is 14.5 Å². The fourth-order valence-corrected chi connectivity index (χ4v) is 5.99. The lowest BCUT2D eigenvalue weighted by molar-refractivity contribution is 0.259. The van der Waals surface area contributed by atoms with E-state index in [-0.39, 0.29) is 16.9 Å². The van der Waals surface area contributed by atoms with Gasteiger partial charge in [-0.05, 0) is 31.0 Å². The molecule has 2 fully saturated rings. The molecule has 9 heteroatoms. The van der Waals surface area contributed by atoms with Gasteiger partial charge in [-0.15, -0.1) is 0 Å². The molecule has 2 heterocycles. The maximum atomic E-state index is 14.4. The van der Waals surface area contributed by atoms with Crippen molar-refractivity contribution in [3.8, 4) is 0 Å². The average molecular weight is 425 g/mol. The number of hydrogen-bond donors (Lipinski definition) is 0. The number of nitrogens with zero attached hydrogens (tertiary/aromatic N) is 4. The molecule has 1 saturated carbocycles. The number of anilines is 1. The number of piperazine rings is 1. The molecule has 4 rings (SSSR count).